The van der Waals surface area contributed by atoms with E-state index in [1.165, 1.54) is 6.33 Å². The van der Waals surface area contributed by atoms with Crippen molar-refractivity contribution in [3.63, 3.8) is 0 Å². The number of aromatic amines is 1. The van der Waals surface area contributed by atoms with Crippen LogP contribution >= 0.6 is 0 Å². The summed E-state index contributed by atoms with van der Waals surface area (Å²) >= 11 is 0. The van der Waals surface area contributed by atoms with Crippen LogP contribution in [0.3, 0.4) is 0 Å². The van der Waals surface area contributed by atoms with E-state index in [0.717, 1.165) is 0 Å². The van der Waals surface area contributed by atoms with Crippen LogP contribution in [0.2, 0.25) is 0 Å². The Hall–Kier alpha value is -3.05. The summed E-state index contributed by atoms with van der Waals surface area (Å²) in [5.41, 5.74) is 1.42. The van der Waals surface area contributed by atoms with Crippen molar-refractivity contribution in [1.82, 2.24) is 15.0 Å². The molecule has 0 spiro atoms. The SMILES string of the molecule is N#Cc1cccc(-c2c(C(F)F)[nH]c3ncnc(N4CCOCC4)c23)c1. The molecule has 2 aromatic heterocycles. The molecule has 1 saturated heterocycles. The van der Waals surface area contributed by atoms with Gasteiger partial charge in [-0.1, -0.05) is 12.1 Å². The highest BCUT2D eigenvalue weighted by molar-refractivity contribution is 6.03. The summed E-state index contributed by atoms with van der Waals surface area (Å²) < 4.78 is 32.8. The number of nitrogens with one attached hydrogen (secondary N) is 1. The van der Waals surface area contributed by atoms with Gasteiger partial charge >= 0.3 is 0 Å². The van der Waals surface area contributed by atoms with E-state index in [1.54, 1.807) is 24.3 Å². The number of benzene rings is 1. The lowest BCUT2D eigenvalue weighted by molar-refractivity contribution is 0.122. The minimum atomic E-state index is -2.71. The molecule has 1 aromatic carbocycles. The van der Waals surface area contributed by atoms with E-state index in [4.69, 9.17) is 10.00 Å². The summed E-state index contributed by atoms with van der Waals surface area (Å²) in [6, 6.07) is 8.68. The lowest BCUT2D eigenvalue weighted by Gasteiger charge is -2.28. The minimum absolute atomic E-state index is 0.218. The maximum atomic E-state index is 13.7. The average molecular weight is 355 g/mol. The molecule has 4 rings (SSSR count). The van der Waals surface area contributed by atoms with Gasteiger partial charge in [-0.25, -0.2) is 18.7 Å². The minimum Gasteiger partial charge on any atom is -0.378 e. The Balaban J connectivity index is 1.99. The molecule has 0 amide bonds. The van der Waals surface area contributed by atoms with Gasteiger partial charge in [0.25, 0.3) is 6.43 Å². The molecule has 0 unspecified atom stereocenters. The van der Waals surface area contributed by atoms with Crippen LogP contribution in [0.1, 0.15) is 17.7 Å². The first-order chi connectivity index (χ1) is 12.7. The van der Waals surface area contributed by atoms with E-state index in [2.05, 4.69) is 15.0 Å². The molecule has 6 nitrogen and oxygen atoms in total. The molecular formula is C18H15F2N5O. The fraction of sp³-hybridized carbons (Fsp3) is 0.278. The maximum absolute atomic E-state index is 13.7. The Morgan fingerprint density at radius 1 is 1.23 bits per heavy atom. The van der Waals surface area contributed by atoms with E-state index in [9.17, 15) is 8.78 Å². The molecule has 1 aliphatic heterocycles. The molecule has 1 N–H and O–H groups in total. The molecule has 0 aliphatic carbocycles. The second-order valence-electron chi connectivity index (χ2n) is 5.93. The van der Waals surface area contributed by atoms with Gasteiger partial charge < -0.3 is 14.6 Å². The zero-order valence-electron chi connectivity index (χ0n) is 13.7. The number of hydrogen-bond acceptors (Lipinski definition) is 5. The lowest BCUT2D eigenvalue weighted by Crippen LogP contribution is -2.36. The van der Waals surface area contributed by atoms with Gasteiger partial charge in [0, 0.05) is 18.7 Å². The standard InChI is InChI=1S/C18H15F2N5O/c19-16(20)15-13(12-3-1-2-11(8-12)9-21)14-17(24-15)22-10-23-18(14)25-4-6-26-7-5-25/h1-3,8,10,16H,4-7H2,(H,22,23,24). The fourth-order valence-corrected chi connectivity index (χ4v) is 3.25. The Kier molecular flexibility index (Phi) is 4.22. The van der Waals surface area contributed by atoms with Crippen LogP contribution in [-0.2, 0) is 4.74 Å². The van der Waals surface area contributed by atoms with Crippen molar-refractivity contribution in [3.05, 3.63) is 41.9 Å². The van der Waals surface area contributed by atoms with E-state index in [-0.39, 0.29) is 5.69 Å². The Morgan fingerprint density at radius 2 is 2.04 bits per heavy atom. The van der Waals surface area contributed by atoms with Crippen molar-refractivity contribution in [2.75, 3.05) is 31.2 Å². The summed E-state index contributed by atoms with van der Waals surface area (Å²) in [5, 5.41) is 9.70. The first kappa shape index (κ1) is 16.4. The number of fused-ring (bicyclic) bond motifs is 1. The van der Waals surface area contributed by atoms with Crippen molar-refractivity contribution in [2.45, 2.75) is 6.43 Å². The van der Waals surface area contributed by atoms with E-state index >= 15 is 0 Å². The molecular weight excluding hydrogens is 340 g/mol. The lowest BCUT2D eigenvalue weighted by atomic mass is 10.0. The molecule has 1 fully saturated rings. The van der Waals surface area contributed by atoms with Gasteiger partial charge in [0.05, 0.1) is 35.9 Å². The van der Waals surface area contributed by atoms with Gasteiger partial charge in [-0.05, 0) is 17.7 Å². The second kappa shape index (κ2) is 6.69. The summed E-state index contributed by atoms with van der Waals surface area (Å²) in [5.74, 6) is 0.596. The van der Waals surface area contributed by atoms with Crippen molar-refractivity contribution in [3.8, 4) is 17.2 Å². The summed E-state index contributed by atoms with van der Waals surface area (Å²) in [6.07, 6.45) is -1.34. The third kappa shape index (κ3) is 2.76. The molecule has 132 valence electrons. The molecule has 3 heterocycles. The number of anilines is 1. The molecule has 0 saturated carbocycles. The monoisotopic (exact) mass is 355 g/mol. The van der Waals surface area contributed by atoms with Crippen molar-refractivity contribution in [2.24, 2.45) is 0 Å². The maximum Gasteiger partial charge on any atom is 0.278 e. The number of ether oxygens (including phenoxy) is 1. The normalized spacial score (nSPS) is 14.8. The quantitative estimate of drug-likeness (QED) is 0.780. The van der Waals surface area contributed by atoms with Gasteiger partial charge in [0.1, 0.15) is 17.8 Å². The zero-order valence-corrected chi connectivity index (χ0v) is 13.7. The van der Waals surface area contributed by atoms with Crippen LogP contribution in [0, 0.1) is 11.3 Å². The number of rotatable bonds is 3. The van der Waals surface area contributed by atoms with Gasteiger partial charge in [-0.15, -0.1) is 0 Å². The van der Waals surface area contributed by atoms with Crippen LogP contribution in [0.25, 0.3) is 22.2 Å². The number of morpholine rings is 1. The molecule has 1 aliphatic rings. The highest BCUT2D eigenvalue weighted by atomic mass is 19.3. The van der Waals surface area contributed by atoms with Crippen LogP contribution in [0.5, 0.6) is 0 Å². The summed E-state index contributed by atoms with van der Waals surface area (Å²) in [7, 11) is 0. The van der Waals surface area contributed by atoms with E-state index < -0.39 is 6.43 Å². The molecule has 0 radical (unpaired) electrons. The van der Waals surface area contributed by atoms with Gasteiger partial charge in [-0.2, -0.15) is 5.26 Å². The molecule has 8 heteroatoms. The van der Waals surface area contributed by atoms with Gasteiger partial charge in [0.2, 0.25) is 0 Å². The molecule has 26 heavy (non-hydrogen) atoms. The smallest absolute Gasteiger partial charge is 0.278 e. The van der Waals surface area contributed by atoms with E-state index in [0.29, 0.717) is 59.8 Å². The molecule has 0 bridgehead atoms. The van der Waals surface area contributed by atoms with Crippen LogP contribution in [0.4, 0.5) is 14.6 Å². The largest absolute Gasteiger partial charge is 0.378 e. The number of nitriles is 1. The third-order valence-electron chi connectivity index (χ3n) is 4.41. The number of aromatic nitrogens is 3. The summed E-state index contributed by atoms with van der Waals surface area (Å²) in [6.45, 7) is 2.35. The van der Waals surface area contributed by atoms with Crippen LogP contribution in [0.15, 0.2) is 30.6 Å². The highest BCUT2D eigenvalue weighted by Gasteiger charge is 2.26. The first-order valence-corrected chi connectivity index (χ1v) is 8.17. The Morgan fingerprint density at radius 3 is 2.77 bits per heavy atom. The molecule has 0 atom stereocenters. The Labute approximate surface area is 148 Å². The molecule has 3 aromatic rings. The first-order valence-electron chi connectivity index (χ1n) is 8.17. The Bertz CT molecular complexity index is 989. The van der Waals surface area contributed by atoms with Gasteiger partial charge in [-0.3, -0.25) is 0 Å². The number of halogens is 2. The van der Waals surface area contributed by atoms with Crippen molar-refractivity contribution < 1.29 is 13.5 Å². The number of H-pyrrole nitrogens is 1. The van der Waals surface area contributed by atoms with Crippen molar-refractivity contribution in [1.29, 1.82) is 5.26 Å². The van der Waals surface area contributed by atoms with Crippen LogP contribution in [-0.4, -0.2) is 41.3 Å². The number of alkyl halides is 2. The second-order valence-corrected chi connectivity index (χ2v) is 5.93. The number of hydrogen-bond donors (Lipinski definition) is 1. The average Bonchev–Trinajstić information content (AvgIpc) is 3.09. The number of nitrogens with zero attached hydrogens (tertiary/aromatic N) is 4. The predicted octanol–water partition coefficient (Wildman–Crippen LogP) is 3.27. The topological polar surface area (TPSA) is 77.8 Å². The zero-order chi connectivity index (χ0) is 18.1. The van der Waals surface area contributed by atoms with Crippen LogP contribution < -0.4 is 4.90 Å². The van der Waals surface area contributed by atoms with E-state index in [1.807, 2.05) is 11.0 Å². The third-order valence-corrected chi connectivity index (χ3v) is 4.41. The highest BCUT2D eigenvalue weighted by Crippen LogP contribution is 2.40. The van der Waals surface area contributed by atoms with Gasteiger partial charge in [0.15, 0.2) is 0 Å². The van der Waals surface area contributed by atoms with Crippen molar-refractivity contribution >= 4 is 16.9 Å². The summed E-state index contributed by atoms with van der Waals surface area (Å²) in [4.78, 5) is 13.3. The fourth-order valence-electron chi connectivity index (χ4n) is 3.25. The predicted molar refractivity (Wildman–Crippen MR) is 92.0 cm³/mol.